The van der Waals surface area contributed by atoms with Gasteiger partial charge in [-0.15, -0.1) is 0 Å². The Balaban J connectivity index is 3.53. The first kappa shape index (κ1) is 10.1. The van der Waals surface area contributed by atoms with Crippen LogP contribution in [-0.2, 0) is 0 Å². The quantitative estimate of drug-likeness (QED) is 0.460. The summed E-state index contributed by atoms with van der Waals surface area (Å²) in [4.78, 5) is 0. The molecule has 62 valence electrons. The average molecular weight is 153 g/mol. The Labute approximate surface area is 67.8 Å². The summed E-state index contributed by atoms with van der Waals surface area (Å²) in [6.45, 7) is 5.52. The van der Waals surface area contributed by atoms with Gasteiger partial charge < -0.3 is 10.5 Å². The molecular weight excluding hydrogens is 138 g/mol. The van der Waals surface area contributed by atoms with Crippen molar-refractivity contribution in [2.24, 2.45) is 0 Å². The molecule has 0 fully saturated rings. The molecule has 0 amide bonds. The first-order valence-corrected chi connectivity index (χ1v) is 3.69. The van der Waals surface area contributed by atoms with Crippen LogP contribution in [0.15, 0.2) is 24.3 Å². The van der Waals surface area contributed by atoms with Crippen molar-refractivity contribution in [2.45, 2.75) is 25.9 Å². The van der Waals surface area contributed by atoms with E-state index in [1.807, 2.05) is 0 Å². The summed E-state index contributed by atoms with van der Waals surface area (Å²) in [6.07, 6.45) is 5.90. The molecule has 0 aliphatic heterocycles. The van der Waals surface area contributed by atoms with Crippen LogP contribution < -0.4 is 0 Å². The molecule has 2 heteroatoms. The standard InChI is InChI=1S/C9H15NO/c1-8(4-3-7-10)5-6-9(2)11/h3-4,7,9-11H,1,5-6H2,2H3/b4-3-,10-7?. The summed E-state index contributed by atoms with van der Waals surface area (Å²) in [5.41, 5.74) is 0.953. The van der Waals surface area contributed by atoms with Crippen molar-refractivity contribution in [1.29, 1.82) is 5.41 Å². The molecule has 0 heterocycles. The van der Waals surface area contributed by atoms with Crippen molar-refractivity contribution in [3.05, 3.63) is 24.3 Å². The van der Waals surface area contributed by atoms with E-state index in [4.69, 9.17) is 10.5 Å². The van der Waals surface area contributed by atoms with E-state index in [0.29, 0.717) is 0 Å². The summed E-state index contributed by atoms with van der Waals surface area (Å²) in [7, 11) is 0. The minimum atomic E-state index is -0.264. The van der Waals surface area contributed by atoms with Crippen molar-refractivity contribution in [3.63, 3.8) is 0 Å². The van der Waals surface area contributed by atoms with Gasteiger partial charge in [0.2, 0.25) is 0 Å². The number of aliphatic hydroxyl groups excluding tert-OH is 1. The maximum absolute atomic E-state index is 8.92. The Morgan fingerprint density at radius 3 is 2.82 bits per heavy atom. The van der Waals surface area contributed by atoms with Gasteiger partial charge in [0.05, 0.1) is 6.10 Å². The maximum atomic E-state index is 8.92. The fourth-order valence-electron chi connectivity index (χ4n) is 0.662. The van der Waals surface area contributed by atoms with Crippen LogP contribution in [-0.4, -0.2) is 17.4 Å². The van der Waals surface area contributed by atoms with Gasteiger partial charge in [-0.05, 0) is 25.8 Å². The fourth-order valence-corrected chi connectivity index (χ4v) is 0.662. The number of hydrogen-bond acceptors (Lipinski definition) is 2. The number of allylic oxidation sites excluding steroid dienone is 3. The minimum absolute atomic E-state index is 0.264. The Hall–Kier alpha value is -0.890. The average Bonchev–Trinajstić information content (AvgIpc) is 1.97. The highest BCUT2D eigenvalue weighted by Gasteiger charge is 1.95. The van der Waals surface area contributed by atoms with Crippen molar-refractivity contribution >= 4 is 6.21 Å². The van der Waals surface area contributed by atoms with E-state index < -0.39 is 0 Å². The smallest absolute Gasteiger partial charge is 0.0515 e. The van der Waals surface area contributed by atoms with E-state index in [2.05, 4.69) is 6.58 Å². The van der Waals surface area contributed by atoms with Crippen LogP contribution in [0.25, 0.3) is 0 Å². The molecule has 0 aliphatic carbocycles. The van der Waals surface area contributed by atoms with Crippen LogP contribution in [0.2, 0.25) is 0 Å². The molecule has 2 nitrogen and oxygen atoms in total. The van der Waals surface area contributed by atoms with Crippen LogP contribution in [0.1, 0.15) is 19.8 Å². The van der Waals surface area contributed by atoms with Gasteiger partial charge in [0, 0.05) is 6.21 Å². The Morgan fingerprint density at radius 1 is 1.73 bits per heavy atom. The van der Waals surface area contributed by atoms with Crippen molar-refractivity contribution in [3.8, 4) is 0 Å². The lowest BCUT2D eigenvalue weighted by Gasteiger charge is -2.02. The summed E-state index contributed by atoms with van der Waals surface area (Å²) >= 11 is 0. The molecule has 11 heavy (non-hydrogen) atoms. The topological polar surface area (TPSA) is 44.1 Å². The molecule has 0 aromatic carbocycles. The molecule has 0 radical (unpaired) electrons. The van der Waals surface area contributed by atoms with Crippen molar-refractivity contribution in [1.82, 2.24) is 0 Å². The number of aliphatic hydroxyl groups is 1. The third kappa shape index (κ3) is 7.00. The molecular formula is C9H15NO. The van der Waals surface area contributed by atoms with Crippen LogP contribution >= 0.6 is 0 Å². The molecule has 0 spiro atoms. The SMILES string of the molecule is C=C(/C=C\C=N)CCC(C)O. The molecule has 1 unspecified atom stereocenters. The monoisotopic (exact) mass is 153 g/mol. The second-order valence-corrected chi connectivity index (χ2v) is 2.57. The van der Waals surface area contributed by atoms with Gasteiger partial charge in [0.25, 0.3) is 0 Å². The lowest BCUT2D eigenvalue weighted by molar-refractivity contribution is 0.185. The molecule has 1 atom stereocenters. The predicted octanol–water partition coefficient (Wildman–Crippen LogP) is 1.91. The number of nitrogens with one attached hydrogen (secondary N) is 1. The highest BCUT2D eigenvalue weighted by atomic mass is 16.3. The minimum Gasteiger partial charge on any atom is -0.393 e. The maximum Gasteiger partial charge on any atom is 0.0515 e. The van der Waals surface area contributed by atoms with Gasteiger partial charge in [-0.3, -0.25) is 0 Å². The number of hydrogen-bond donors (Lipinski definition) is 2. The molecule has 0 bridgehead atoms. The van der Waals surface area contributed by atoms with Crippen LogP contribution in [0.3, 0.4) is 0 Å². The van der Waals surface area contributed by atoms with E-state index in [1.54, 1.807) is 19.1 Å². The summed E-state index contributed by atoms with van der Waals surface area (Å²) in [6, 6.07) is 0. The summed E-state index contributed by atoms with van der Waals surface area (Å²) in [5.74, 6) is 0. The first-order valence-electron chi connectivity index (χ1n) is 3.69. The molecule has 0 aromatic rings. The normalized spacial score (nSPS) is 13.3. The third-order valence-corrected chi connectivity index (χ3v) is 1.31. The van der Waals surface area contributed by atoms with Crippen molar-refractivity contribution in [2.75, 3.05) is 0 Å². The lowest BCUT2D eigenvalue weighted by Crippen LogP contribution is -1.98. The van der Waals surface area contributed by atoms with Gasteiger partial charge in [-0.1, -0.05) is 18.2 Å². The molecule has 0 aliphatic rings. The van der Waals surface area contributed by atoms with E-state index in [1.165, 1.54) is 6.21 Å². The van der Waals surface area contributed by atoms with E-state index >= 15 is 0 Å². The Bertz CT molecular complexity index is 159. The van der Waals surface area contributed by atoms with E-state index in [-0.39, 0.29) is 6.10 Å². The summed E-state index contributed by atoms with van der Waals surface area (Å²) in [5, 5.41) is 15.6. The lowest BCUT2D eigenvalue weighted by atomic mass is 10.1. The predicted molar refractivity (Wildman–Crippen MR) is 48.0 cm³/mol. The Morgan fingerprint density at radius 2 is 2.36 bits per heavy atom. The zero-order chi connectivity index (χ0) is 8.69. The van der Waals surface area contributed by atoms with Gasteiger partial charge in [-0.25, -0.2) is 0 Å². The highest BCUT2D eigenvalue weighted by Crippen LogP contribution is 2.05. The van der Waals surface area contributed by atoms with Crippen LogP contribution in [0.5, 0.6) is 0 Å². The second kappa shape index (κ2) is 5.86. The van der Waals surface area contributed by atoms with Crippen LogP contribution in [0.4, 0.5) is 0 Å². The molecule has 0 saturated carbocycles. The van der Waals surface area contributed by atoms with Gasteiger partial charge >= 0.3 is 0 Å². The summed E-state index contributed by atoms with van der Waals surface area (Å²) < 4.78 is 0. The van der Waals surface area contributed by atoms with Gasteiger partial charge in [0.1, 0.15) is 0 Å². The zero-order valence-corrected chi connectivity index (χ0v) is 6.88. The van der Waals surface area contributed by atoms with E-state index in [0.717, 1.165) is 18.4 Å². The van der Waals surface area contributed by atoms with E-state index in [9.17, 15) is 0 Å². The zero-order valence-electron chi connectivity index (χ0n) is 6.88. The van der Waals surface area contributed by atoms with Gasteiger partial charge in [-0.2, -0.15) is 0 Å². The number of rotatable bonds is 5. The first-order chi connectivity index (χ1) is 5.16. The highest BCUT2D eigenvalue weighted by molar-refractivity contribution is 5.68. The molecule has 0 rings (SSSR count). The fraction of sp³-hybridized carbons (Fsp3) is 0.444. The van der Waals surface area contributed by atoms with Gasteiger partial charge in [0.15, 0.2) is 0 Å². The molecule has 0 aromatic heterocycles. The van der Waals surface area contributed by atoms with Crippen LogP contribution in [0, 0.1) is 5.41 Å². The second-order valence-electron chi connectivity index (χ2n) is 2.57. The van der Waals surface area contributed by atoms with Crippen molar-refractivity contribution < 1.29 is 5.11 Å². The molecule has 2 N–H and O–H groups in total. The third-order valence-electron chi connectivity index (χ3n) is 1.31. The largest absolute Gasteiger partial charge is 0.393 e. The molecule has 0 saturated heterocycles. The Kier molecular flexibility index (Phi) is 5.39.